The van der Waals surface area contributed by atoms with Crippen molar-refractivity contribution in [3.8, 4) is 5.75 Å². The molecule has 108 valence electrons. The molecular weight excluding hydrogens is 238 g/mol. The van der Waals surface area contributed by atoms with Crippen molar-refractivity contribution in [2.75, 3.05) is 26.8 Å². The van der Waals surface area contributed by atoms with Crippen molar-refractivity contribution in [1.82, 2.24) is 5.32 Å². The number of hydrogen-bond acceptors (Lipinski definition) is 3. The summed E-state index contributed by atoms with van der Waals surface area (Å²) in [6.07, 6.45) is 1.18. The molecule has 1 rings (SSSR count). The van der Waals surface area contributed by atoms with Gasteiger partial charge in [-0.25, -0.2) is 0 Å². The van der Waals surface area contributed by atoms with E-state index in [0.29, 0.717) is 18.6 Å². The third-order valence-electron chi connectivity index (χ3n) is 2.81. The zero-order valence-electron chi connectivity index (χ0n) is 12.7. The maximum Gasteiger partial charge on any atom is 0.119 e. The molecule has 0 radical (unpaired) electrons. The molecule has 0 fully saturated rings. The summed E-state index contributed by atoms with van der Waals surface area (Å²) in [4.78, 5) is 0. The van der Waals surface area contributed by atoms with Gasteiger partial charge in [0.05, 0.1) is 6.61 Å². The van der Waals surface area contributed by atoms with Crippen molar-refractivity contribution in [3.63, 3.8) is 0 Å². The van der Waals surface area contributed by atoms with E-state index in [2.05, 4.69) is 26.1 Å². The Hall–Kier alpha value is -1.06. The Morgan fingerprint density at radius 3 is 2.63 bits per heavy atom. The second-order valence-electron chi connectivity index (χ2n) is 5.99. The molecule has 0 aliphatic heterocycles. The van der Waals surface area contributed by atoms with Crippen molar-refractivity contribution in [2.24, 2.45) is 5.41 Å². The largest absolute Gasteiger partial charge is 0.492 e. The van der Waals surface area contributed by atoms with Gasteiger partial charge in [0.2, 0.25) is 0 Å². The molecule has 0 unspecified atom stereocenters. The molecule has 0 saturated heterocycles. The van der Waals surface area contributed by atoms with Crippen LogP contribution in [0.5, 0.6) is 5.75 Å². The van der Waals surface area contributed by atoms with Crippen LogP contribution in [0.4, 0.5) is 0 Å². The average Bonchev–Trinajstić information content (AvgIpc) is 2.33. The normalized spacial score (nSPS) is 11.6. The standard InChI is InChI=1S/C16H27NO2/c1-16(2,3)8-9-17-10-11-19-15-7-5-6-14(12-15)13-18-4/h5-7,12,17H,8-11,13H2,1-4H3. The lowest BCUT2D eigenvalue weighted by Gasteiger charge is -2.18. The van der Waals surface area contributed by atoms with E-state index in [0.717, 1.165) is 24.4 Å². The lowest BCUT2D eigenvalue weighted by atomic mass is 9.92. The van der Waals surface area contributed by atoms with Gasteiger partial charge in [-0.05, 0) is 36.1 Å². The van der Waals surface area contributed by atoms with Gasteiger partial charge >= 0.3 is 0 Å². The van der Waals surface area contributed by atoms with E-state index < -0.39 is 0 Å². The lowest BCUT2D eigenvalue weighted by Crippen LogP contribution is -2.25. The van der Waals surface area contributed by atoms with Crippen LogP contribution >= 0.6 is 0 Å². The number of hydrogen-bond donors (Lipinski definition) is 1. The molecule has 0 aromatic heterocycles. The quantitative estimate of drug-likeness (QED) is 0.732. The third kappa shape index (κ3) is 7.85. The van der Waals surface area contributed by atoms with E-state index in [1.165, 1.54) is 6.42 Å². The molecule has 0 aliphatic carbocycles. The fraction of sp³-hybridized carbons (Fsp3) is 0.625. The van der Waals surface area contributed by atoms with E-state index in [9.17, 15) is 0 Å². The number of methoxy groups -OCH3 is 1. The molecule has 1 aromatic carbocycles. The van der Waals surface area contributed by atoms with Gasteiger partial charge in [0.25, 0.3) is 0 Å². The van der Waals surface area contributed by atoms with Crippen LogP contribution in [0.2, 0.25) is 0 Å². The van der Waals surface area contributed by atoms with Gasteiger partial charge in [0.15, 0.2) is 0 Å². The topological polar surface area (TPSA) is 30.5 Å². The van der Waals surface area contributed by atoms with Crippen LogP contribution in [0.3, 0.4) is 0 Å². The summed E-state index contributed by atoms with van der Waals surface area (Å²) in [5.41, 5.74) is 1.53. The Morgan fingerprint density at radius 1 is 1.16 bits per heavy atom. The number of benzene rings is 1. The Kier molecular flexibility index (Phi) is 6.89. The molecule has 0 saturated carbocycles. The molecule has 0 heterocycles. The summed E-state index contributed by atoms with van der Waals surface area (Å²) in [6, 6.07) is 8.04. The van der Waals surface area contributed by atoms with E-state index >= 15 is 0 Å². The number of rotatable bonds is 8. The predicted molar refractivity (Wildman–Crippen MR) is 79.6 cm³/mol. The number of ether oxygens (including phenoxy) is 2. The SMILES string of the molecule is COCc1cccc(OCCNCCC(C)(C)C)c1. The molecule has 0 aliphatic rings. The third-order valence-corrected chi connectivity index (χ3v) is 2.81. The van der Waals surface area contributed by atoms with Gasteiger partial charge in [-0.3, -0.25) is 0 Å². The smallest absolute Gasteiger partial charge is 0.119 e. The van der Waals surface area contributed by atoms with Crippen LogP contribution in [0.1, 0.15) is 32.8 Å². The van der Waals surface area contributed by atoms with E-state index in [4.69, 9.17) is 9.47 Å². The maximum atomic E-state index is 5.71. The molecular formula is C16H27NO2. The molecule has 19 heavy (non-hydrogen) atoms. The average molecular weight is 265 g/mol. The van der Waals surface area contributed by atoms with Crippen LogP contribution in [-0.4, -0.2) is 26.8 Å². The molecule has 0 spiro atoms. The first kappa shape index (κ1) is 16.0. The van der Waals surface area contributed by atoms with Gasteiger partial charge in [0, 0.05) is 13.7 Å². The highest BCUT2D eigenvalue weighted by Gasteiger charge is 2.08. The minimum absolute atomic E-state index is 0.391. The zero-order chi connectivity index (χ0) is 14.1. The Balaban J connectivity index is 2.17. The fourth-order valence-corrected chi connectivity index (χ4v) is 1.72. The minimum Gasteiger partial charge on any atom is -0.492 e. The first-order valence-electron chi connectivity index (χ1n) is 6.93. The second kappa shape index (κ2) is 8.18. The highest BCUT2D eigenvalue weighted by molar-refractivity contribution is 5.28. The minimum atomic E-state index is 0.391. The summed E-state index contributed by atoms with van der Waals surface area (Å²) >= 11 is 0. The Morgan fingerprint density at radius 2 is 1.95 bits per heavy atom. The first-order chi connectivity index (χ1) is 9.01. The summed E-state index contributed by atoms with van der Waals surface area (Å²) in [5.74, 6) is 0.909. The zero-order valence-corrected chi connectivity index (χ0v) is 12.7. The number of nitrogens with one attached hydrogen (secondary N) is 1. The van der Waals surface area contributed by atoms with Crippen molar-refractivity contribution in [2.45, 2.75) is 33.8 Å². The van der Waals surface area contributed by atoms with Crippen LogP contribution in [0.25, 0.3) is 0 Å². The highest BCUT2D eigenvalue weighted by Crippen LogP contribution is 2.17. The van der Waals surface area contributed by atoms with Crippen LogP contribution in [-0.2, 0) is 11.3 Å². The van der Waals surface area contributed by atoms with Gasteiger partial charge in [-0.15, -0.1) is 0 Å². The highest BCUT2D eigenvalue weighted by atomic mass is 16.5. The van der Waals surface area contributed by atoms with Gasteiger partial charge < -0.3 is 14.8 Å². The van der Waals surface area contributed by atoms with Gasteiger partial charge in [-0.1, -0.05) is 32.9 Å². The summed E-state index contributed by atoms with van der Waals surface area (Å²) in [6.45, 7) is 10.0. The summed E-state index contributed by atoms with van der Waals surface area (Å²) in [7, 11) is 1.70. The Bertz CT molecular complexity index is 358. The van der Waals surface area contributed by atoms with Crippen molar-refractivity contribution in [1.29, 1.82) is 0 Å². The molecule has 0 amide bonds. The van der Waals surface area contributed by atoms with Crippen LogP contribution in [0, 0.1) is 5.41 Å². The Labute approximate surface area is 117 Å². The maximum absolute atomic E-state index is 5.71. The second-order valence-corrected chi connectivity index (χ2v) is 5.99. The van der Waals surface area contributed by atoms with Gasteiger partial charge in [0.1, 0.15) is 12.4 Å². The molecule has 0 bridgehead atoms. The molecule has 0 atom stereocenters. The molecule has 3 nitrogen and oxygen atoms in total. The monoisotopic (exact) mass is 265 g/mol. The van der Waals surface area contributed by atoms with Gasteiger partial charge in [-0.2, -0.15) is 0 Å². The fourth-order valence-electron chi connectivity index (χ4n) is 1.72. The molecule has 1 aromatic rings. The van der Waals surface area contributed by atoms with E-state index in [1.54, 1.807) is 7.11 Å². The van der Waals surface area contributed by atoms with Crippen LogP contribution < -0.4 is 10.1 Å². The first-order valence-corrected chi connectivity index (χ1v) is 6.93. The predicted octanol–water partition coefficient (Wildman–Crippen LogP) is 3.24. The molecule has 1 N–H and O–H groups in total. The lowest BCUT2D eigenvalue weighted by molar-refractivity contribution is 0.184. The van der Waals surface area contributed by atoms with Crippen LogP contribution in [0.15, 0.2) is 24.3 Å². The van der Waals surface area contributed by atoms with Crippen molar-refractivity contribution in [3.05, 3.63) is 29.8 Å². The van der Waals surface area contributed by atoms with Crippen molar-refractivity contribution < 1.29 is 9.47 Å². The molecule has 3 heteroatoms. The van der Waals surface area contributed by atoms with E-state index in [-0.39, 0.29) is 0 Å². The van der Waals surface area contributed by atoms with E-state index in [1.807, 2.05) is 24.3 Å². The van der Waals surface area contributed by atoms with Crippen molar-refractivity contribution >= 4 is 0 Å². The summed E-state index contributed by atoms with van der Waals surface area (Å²) < 4.78 is 10.8. The summed E-state index contributed by atoms with van der Waals surface area (Å²) in [5, 5.41) is 3.40.